The molecule has 0 saturated carbocycles. The summed E-state index contributed by atoms with van der Waals surface area (Å²) in [5.74, 6) is -4.19. The van der Waals surface area contributed by atoms with Gasteiger partial charge in [0.05, 0.1) is 0 Å². The molecule has 0 saturated heterocycles. The van der Waals surface area contributed by atoms with Gasteiger partial charge in [-0.25, -0.2) is 0 Å². The van der Waals surface area contributed by atoms with Crippen LogP contribution in [0.25, 0.3) is 11.1 Å². The minimum atomic E-state index is -5.70. The van der Waals surface area contributed by atoms with Gasteiger partial charge in [-0.05, 0) is 53.4 Å². The minimum Gasteiger partial charge on any atom is -0.457 e. The van der Waals surface area contributed by atoms with Crippen molar-refractivity contribution in [2.24, 2.45) is 0 Å². The van der Waals surface area contributed by atoms with E-state index in [0.717, 1.165) is 17.7 Å². The summed E-state index contributed by atoms with van der Waals surface area (Å²) in [7, 11) is 0. The van der Waals surface area contributed by atoms with Crippen LogP contribution >= 0.6 is 11.6 Å². The molecule has 0 atom stereocenters. The third-order valence-corrected chi connectivity index (χ3v) is 4.77. The Morgan fingerprint density at radius 1 is 0.828 bits per heavy atom. The highest BCUT2D eigenvalue weighted by Gasteiger charge is 2.59. The number of alkyl halides is 5. The van der Waals surface area contributed by atoms with Crippen LogP contribution < -0.4 is 4.74 Å². The van der Waals surface area contributed by atoms with Gasteiger partial charge in [0.15, 0.2) is 0 Å². The van der Waals surface area contributed by atoms with Gasteiger partial charge in [0, 0.05) is 10.6 Å². The molecule has 3 aromatic carbocycles. The molecule has 3 rings (SSSR count). The van der Waals surface area contributed by atoms with Crippen molar-refractivity contribution in [3.63, 3.8) is 0 Å². The minimum absolute atomic E-state index is 0.187. The molecule has 152 valence electrons. The first-order chi connectivity index (χ1) is 13.6. The van der Waals surface area contributed by atoms with Gasteiger partial charge in [0.2, 0.25) is 0 Å². The summed E-state index contributed by atoms with van der Waals surface area (Å²) >= 11 is 6.08. The van der Waals surface area contributed by atoms with Crippen molar-refractivity contribution < 1.29 is 26.7 Å². The Bertz CT molecular complexity index is 1010. The van der Waals surface area contributed by atoms with Crippen LogP contribution in [0.5, 0.6) is 11.5 Å². The fourth-order valence-electron chi connectivity index (χ4n) is 2.91. The highest BCUT2D eigenvalue weighted by molar-refractivity contribution is 6.31. The second kappa shape index (κ2) is 8.03. The van der Waals surface area contributed by atoms with Crippen LogP contribution in [-0.2, 0) is 12.3 Å². The van der Waals surface area contributed by atoms with Crippen molar-refractivity contribution in [2.45, 2.75) is 25.4 Å². The highest BCUT2D eigenvalue weighted by Crippen LogP contribution is 2.47. The number of rotatable bonds is 5. The molecular weight excluding hydrogens is 411 g/mol. The number of benzene rings is 3. The second-order valence-electron chi connectivity index (χ2n) is 6.35. The summed E-state index contributed by atoms with van der Waals surface area (Å²) in [5.41, 5.74) is -0.266. The molecule has 7 heteroatoms. The molecule has 0 amide bonds. The monoisotopic (exact) mass is 426 g/mol. The van der Waals surface area contributed by atoms with E-state index in [4.69, 9.17) is 16.3 Å². The SMILES string of the molecule is CCc1cc(Oc2cccc(-c3ccccc3C(F)(F)C(F)(F)F)c2)ccc1Cl. The maximum absolute atomic E-state index is 14.0. The standard InChI is InChI=1S/C22H16ClF5O/c1-2-14-12-17(10-11-20(14)23)29-16-7-5-6-15(13-16)18-8-3-4-9-19(18)21(24,25)22(26,27)28/h3-13H,2H2,1H3. The first-order valence-electron chi connectivity index (χ1n) is 8.74. The third-order valence-electron chi connectivity index (χ3n) is 4.40. The number of hydrogen-bond donors (Lipinski definition) is 0. The van der Waals surface area contributed by atoms with Gasteiger partial charge < -0.3 is 4.74 Å². The van der Waals surface area contributed by atoms with Crippen molar-refractivity contribution >= 4 is 11.6 Å². The maximum Gasteiger partial charge on any atom is 0.458 e. The molecule has 0 heterocycles. The van der Waals surface area contributed by atoms with Crippen molar-refractivity contribution in [1.82, 2.24) is 0 Å². The molecule has 0 spiro atoms. The van der Waals surface area contributed by atoms with Crippen LogP contribution in [0.2, 0.25) is 5.02 Å². The molecule has 1 nitrogen and oxygen atoms in total. The Kier molecular flexibility index (Phi) is 5.85. The topological polar surface area (TPSA) is 9.23 Å². The fraction of sp³-hybridized carbons (Fsp3) is 0.182. The average molecular weight is 427 g/mol. The number of aryl methyl sites for hydroxylation is 1. The molecule has 0 bridgehead atoms. The van der Waals surface area contributed by atoms with Crippen LogP contribution in [0.15, 0.2) is 66.7 Å². The maximum atomic E-state index is 14.0. The van der Waals surface area contributed by atoms with E-state index in [1.165, 1.54) is 30.3 Å². The average Bonchev–Trinajstić information content (AvgIpc) is 2.69. The van der Waals surface area contributed by atoms with Crippen LogP contribution in [0.4, 0.5) is 22.0 Å². The smallest absolute Gasteiger partial charge is 0.457 e. The molecule has 0 aliphatic rings. The first-order valence-corrected chi connectivity index (χ1v) is 9.12. The largest absolute Gasteiger partial charge is 0.458 e. The predicted molar refractivity (Wildman–Crippen MR) is 103 cm³/mol. The molecule has 0 fully saturated rings. The van der Waals surface area contributed by atoms with Crippen LogP contribution in [0.3, 0.4) is 0 Å². The quantitative estimate of drug-likeness (QED) is 0.375. The lowest BCUT2D eigenvalue weighted by Crippen LogP contribution is -2.34. The van der Waals surface area contributed by atoms with Crippen molar-refractivity contribution in [2.75, 3.05) is 0 Å². The van der Waals surface area contributed by atoms with Crippen molar-refractivity contribution in [3.8, 4) is 22.6 Å². The third kappa shape index (κ3) is 4.37. The molecule has 0 aliphatic carbocycles. The zero-order valence-corrected chi connectivity index (χ0v) is 16.0. The lowest BCUT2D eigenvalue weighted by atomic mass is 9.95. The molecular formula is C22H16ClF5O. The molecule has 0 aromatic heterocycles. The van der Waals surface area contributed by atoms with E-state index in [9.17, 15) is 22.0 Å². The van der Waals surface area contributed by atoms with E-state index in [-0.39, 0.29) is 11.1 Å². The van der Waals surface area contributed by atoms with E-state index in [1.54, 1.807) is 24.3 Å². The Labute approximate surface area is 169 Å². The summed E-state index contributed by atoms with van der Waals surface area (Å²) in [6.45, 7) is 1.93. The number of halogens is 6. The summed E-state index contributed by atoms with van der Waals surface area (Å²) in [6, 6.07) is 15.7. The Morgan fingerprint density at radius 3 is 2.21 bits per heavy atom. The lowest BCUT2D eigenvalue weighted by Gasteiger charge is -2.22. The Balaban J connectivity index is 1.99. The summed E-state index contributed by atoms with van der Waals surface area (Å²) in [5, 5.41) is 0.594. The van der Waals surface area contributed by atoms with E-state index < -0.39 is 17.7 Å². The van der Waals surface area contributed by atoms with Gasteiger partial charge in [0.25, 0.3) is 0 Å². The van der Waals surface area contributed by atoms with Crippen molar-refractivity contribution in [1.29, 1.82) is 0 Å². The van der Waals surface area contributed by atoms with Gasteiger partial charge >= 0.3 is 12.1 Å². The van der Waals surface area contributed by atoms with E-state index >= 15 is 0 Å². The molecule has 0 radical (unpaired) electrons. The highest BCUT2D eigenvalue weighted by atomic mass is 35.5. The van der Waals surface area contributed by atoms with Gasteiger partial charge in [0.1, 0.15) is 11.5 Å². The normalized spacial score (nSPS) is 12.1. The van der Waals surface area contributed by atoms with Crippen LogP contribution in [-0.4, -0.2) is 6.18 Å². The van der Waals surface area contributed by atoms with Crippen molar-refractivity contribution in [3.05, 3.63) is 82.9 Å². The zero-order valence-electron chi connectivity index (χ0n) is 15.2. The zero-order chi connectivity index (χ0) is 21.2. The lowest BCUT2D eigenvalue weighted by molar-refractivity contribution is -0.289. The van der Waals surface area contributed by atoms with Gasteiger partial charge in [-0.15, -0.1) is 0 Å². The van der Waals surface area contributed by atoms with Crippen LogP contribution in [0, 0.1) is 0 Å². The summed E-state index contributed by atoms with van der Waals surface area (Å²) < 4.78 is 72.5. The first kappa shape index (κ1) is 21.1. The van der Waals surface area contributed by atoms with Crippen LogP contribution in [0.1, 0.15) is 18.1 Å². The Hall–Kier alpha value is -2.60. The Morgan fingerprint density at radius 2 is 1.52 bits per heavy atom. The summed E-state index contributed by atoms with van der Waals surface area (Å²) in [6.07, 6.45) is -5.01. The van der Waals surface area contributed by atoms with Gasteiger partial charge in [-0.3, -0.25) is 0 Å². The summed E-state index contributed by atoms with van der Waals surface area (Å²) in [4.78, 5) is 0. The molecule has 29 heavy (non-hydrogen) atoms. The predicted octanol–water partition coefficient (Wildman–Crippen LogP) is 8.02. The van der Waals surface area contributed by atoms with E-state index in [0.29, 0.717) is 22.9 Å². The fourth-order valence-corrected chi connectivity index (χ4v) is 3.16. The van der Waals surface area contributed by atoms with E-state index in [1.807, 2.05) is 6.92 Å². The van der Waals surface area contributed by atoms with Gasteiger partial charge in [-0.1, -0.05) is 54.9 Å². The molecule has 0 aliphatic heterocycles. The number of hydrogen-bond acceptors (Lipinski definition) is 1. The van der Waals surface area contributed by atoms with E-state index in [2.05, 4.69) is 0 Å². The molecule has 0 N–H and O–H groups in total. The molecule has 0 unspecified atom stereocenters. The number of ether oxygens (including phenoxy) is 1. The molecule has 3 aromatic rings. The second-order valence-corrected chi connectivity index (χ2v) is 6.76. The van der Waals surface area contributed by atoms with Gasteiger partial charge in [-0.2, -0.15) is 22.0 Å².